The number of rotatable bonds is 5. The maximum absolute atomic E-state index is 12.9. The van der Waals surface area contributed by atoms with Gasteiger partial charge in [0.05, 0.1) is 13.1 Å². The largest absolute Gasteiger partial charge is 0.333 e. The Balaban J connectivity index is 1.46. The Morgan fingerprint density at radius 2 is 1.65 bits per heavy atom. The lowest BCUT2D eigenvalue weighted by Gasteiger charge is -2.44. The van der Waals surface area contributed by atoms with E-state index < -0.39 is 6.04 Å². The molecule has 0 radical (unpaired) electrons. The fourth-order valence-electron chi connectivity index (χ4n) is 4.22. The number of urea groups is 1. The van der Waals surface area contributed by atoms with Crippen LogP contribution in [0.25, 0.3) is 0 Å². The van der Waals surface area contributed by atoms with Gasteiger partial charge in [0.15, 0.2) is 0 Å². The van der Waals surface area contributed by atoms with Gasteiger partial charge in [-0.25, -0.2) is 4.79 Å². The van der Waals surface area contributed by atoms with Crippen LogP contribution in [-0.4, -0.2) is 70.0 Å². The predicted octanol–water partition coefficient (Wildman–Crippen LogP) is 1.64. The molecular weight excluding hydrogens is 394 g/mol. The molecule has 2 atom stereocenters. The normalized spacial score (nSPS) is 21.2. The first-order chi connectivity index (χ1) is 15.0. The minimum Gasteiger partial charge on any atom is -0.333 e. The zero-order chi connectivity index (χ0) is 22.0. The van der Waals surface area contributed by atoms with E-state index in [9.17, 15) is 14.4 Å². The van der Waals surface area contributed by atoms with Crippen LogP contribution >= 0.6 is 0 Å². The summed E-state index contributed by atoms with van der Waals surface area (Å²) in [7, 11) is 1.65. The molecule has 4 amide bonds. The summed E-state index contributed by atoms with van der Waals surface area (Å²) < 4.78 is 0. The first-order valence-corrected chi connectivity index (χ1v) is 10.4. The van der Waals surface area contributed by atoms with Gasteiger partial charge >= 0.3 is 6.03 Å². The Labute approximate surface area is 182 Å². The van der Waals surface area contributed by atoms with Crippen LogP contribution in [0.4, 0.5) is 4.79 Å². The smallest absolute Gasteiger partial charge is 0.332 e. The molecule has 4 rings (SSSR count). The Bertz CT molecular complexity index is 952. The highest BCUT2D eigenvalue weighted by Gasteiger charge is 2.50. The van der Waals surface area contributed by atoms with E-state index in [1.54, 1.807) is 28.8 Å². The van der Waals surface area contributed by atoms with Crippen LogP contribution in [0.3, 0.4) is 0 Å². The maximum Gasteiger partial charge on any atom is 0.332 e. The minimum absolute atomic E-state index is 0.0662. The van der Waals surface area contributed by atoms with Crippen LogP contribution < -0.4 is 5.32 Å². The predicted molar refractivity (Wildman–Crippen MR) is 115 cm³/mol. The van der Waals surface area contributed by atoms with Crippen molar-refractivity contribution in [2.24, 2.45) is 0 Å². The molecule has 8 heteroatoms. The molecule has 1 unspecified atom stereocenters. The van der Waals surface area contributed by atoms with E-state index in [4.69, 9.17) is 0 Å². The molecule has 2 aromatic carbocycles. The number of nitrogens with zero attached hydrogens (tertiary/aromatic N) is 4. The number of carbonyl (C=O) groups is 3. The molecule has 1 N–H and O–H groups in total. The second-order valence-electron chi connectivity index (χ2n) is 7.93. The monoisotopic (exact) mass is 421 g/mol. The number of hydrogen-bond donors (Lipinski definition) is 1. The molecule has 0 aliphatic carbocycles. The average Bonchev–Trinajstić information content (AvgIpc) is 3.12. The van der Waals surface area contributed by atoms with Crippen molar-refractivity contribution in [1.29, 1.82) is 0 Å². The third-order valence-corrected chi connectivity index (χ3v) is 5.90. The van der Waals surface area contributed by atoms with E-state index in [0.29, 0.717) is 19.6 Å². The van der Waals surface area contributed by atoms with E-state index in [-0.39, 0.29) is 30.6 Å². The molecule has 8 nitrogen and oxygen atoms in total. The summed E-state index contributed by atoms with van der Waals surface area (Å²) in [6, 6.07) is 18.6. The number of fused-ring (bicyclic) bond motifs is 1. The van der Waals surface area contributed by atoms with E-state index in [0.717, 1.165) is 11.1 Å². The first-order valence-electron chi connectivity index (χ1n) is 10.4. The van der Waals surface area contributed by atoms with Crippen molar-refractivity contribution in [3.63, 3.8) is 0 Å². The summed E-state index contributed by atoms with van der Waals surface area (Å²) >= 11 is 0. The van der Waals surface area contributed by atoms with E-state index >= 15 is 0 Å². The van der Waals surface area contributed by atoms with Gasteiger partial charge in [-0.3, -0.25) is 14.6 Å². The number of carbonyl (C=O) groups excluding carboxylic acids is 3. The van der Waals surface area contributed by atoms with Crippen LogP contribution in [-0.2, 0) is 22.7 Å². The van der Waals surface area contributed by atoms with Gasteiger partial charge in [-0.2, -0.15) is 5.01 Å². The van der Waals surface area contributed by atoms with Crippen molar-refractivity contribution in [1.82, 2.24) is 25.1 Å². The molecule has 2 saturated heterocycles. The standard InChI is InChI=1S/C23H27N5O3/c1-17-22(30)26(14-19-11-7-4-8-12-19)15-20-27(16-21(29)28(17)20)25(2)23(31)24-13-18-9-5-3-6-10-18/h3-12,17,20H,13-16H2,1-2H3,(H,24,31)/t17?,20-/m1/s1. The maximum atomic E-state index is 12.9. The first kappa shape index (κ1) is 20.9. The number of hydrogen-bond acceptors (Lipinski definition) is 4. The highest BCUT2D eigenvalue weighted by Crippen LogP contribution is 2.27. The van der Waals surface area contributed by atoms with Crippen molar-refractivity contribution in [2.45, 2.75) is 32.2 Å². The SMILES string of the molecule is CC1C(=O)N(Cc2ccccc2)C[C@H]2N1C(=O)CN2N(C)C(=O)NCc1ccccc1. The Morgan fingerprint density at radius 1 is 1.03 bits per heavy atom. The Hall–Kier alpha value is -3.39. The molecule has 2 aromatic rings. The molecule has 0 spiro atoms. The molecule has 2 aliphatic rings. The summed E-state index contributed by atoms with van der Waals surface area (Å²) in [5, 5.41) is 6.08. The summed E-state index contributed by atoms with van der Waals surface area (Å²) in [5.41, 5.74) is 2.02. The van der Waals surface area contributed by atoms with Gasteiger partial charge in [0.1, 0.15) is 12.2 Å². The third-order valence-electron chi connectivity index (χ3n) is 5.90. The molecule has 2 fully saturated rings. The van der Waals surface area contributed by atoms with Gasteiger partial charge in [0, 0.05) is 20.1 Å². The highest BCUT2D eigenvalue weighted by atomic mass is 16.2. The topological polar surface area (TPSA) is 76.2 Å². The van der Waals surface area contributed by atoms with Crippen LogP contribution in [0, 0.1) is 0 Å². The second kappa shape index (κ2) is 8.77. The fraction of sp³-hybridized carbons (Fsp3) is 0.348. The lowest BCUT2D eigenvalue weighted by atomic mass is 10.1. The minimum atomic E-state index is -0.569. The fourth-order valence-corrected chi connectivity index (χ4v) is 4.22. The summed E-state index contributed by atoms with van der Waals surface area (Å²) in [6.45, 7) is 3.04. The lowest BCUT2D eigenvalue weighted by Crippen LogP contribution is -2.64. The zero-order valence-corrected chi connectivity index (χ0v) is 17.8. The number of nitrogens with one attached hydrogen (secondary N) is 1. The van der Waals surface area contributed by atoms with Gasteiger partial charge < -0.3 is 15.1 Å². The molecule has 31 heavy (non-hydrogen) atoms. The van der Waals surface area contributed by atoms with Crippen LogP contribution in [0.1, 0.15) is 18.1 Å². The van der Waals surface area contributed by atoms with Gasteiger partial charge in [0.2, 0.25) is 11.8 Å². The van der Waals surface area contributed by atoms with Crippen molar-refractivity contribution in [3.8, 4) is 0 Å². The van der Waals surface area contributed by atoms with E-state index in [2.05, 4.69) is 5.32 Å². The van der Waals surface area contributed by atoms with Gasteiger partial charge in [0.25, 0.3) is 0 Å². The number of amides is 4. The van der Waals surface area contributed by atoms with Crippen molar-refractivity contribution >= 4 is 17.8 Å². The van der Waals surface area contributed by atoms with E-state index in [1.807, 2.05) is 60.7 Å². The van der Waals surface area contributed by atoms with Crippen LogP contribution in [0.2, 0.25) is 0 Å². The molecule has 162 valence electrons. The highest BCUT2D eigenvalue weighted by molar-refractivity contribution is 5.91. The molecule has 2 heterocycles. The van der Waals surface area contributed by atoms with E-state index in [1.165, 1.54) is 5.01 Å². The van der Waals surface area contributed by atoms with Gasteiger partial charge in [-0.1, -0.05) is 60.7 Å². The molecule has 0 aromatic heterocycles. The number of hydrazine groups is 1. The Kier molecular flexibility index (Phi) is 5.90. The van der Waals surface area contributed by atoms with Crippen LogP contribution in [0.5, 0.6) is 0 Å². The van der Waals surface area contributed by atoms with Crippen LogP contribution in [0.15, 0.2) is 60.7 Å². The molecule has 0 saturated carbocycles. The summed E-state index contributed by atoms with van der Waals surface area (Å²) in [6.07, 6.45) is -0.378. The average molecular weight is 422 g/mol. The number of benzene rings is 2. The summed E-state index contributed by atoms with van der Waals surface area (Å²) in [4.78, 5) is 41.7. The van der Waals surface area contributed by atoms with Crippen molar-refractivity contribution in [3.05, 3.63) is 71.8 Å². The van der Waals surface area contributed by atoms with Gasteiger partial charge in [-0.15, -0.1) is 0 Å². The molecule has 0 bridgehead atoms. The summed E-state index contributed by atoms with van der Waals surface area (Å²) in [5.74, 6) is -0.223. The van der Waals surface area contributed by atoms with Crippen molar-refractivity contribution in [2.75, 3.05) is 20.1 Å². The second-order valence-corrected chi connectivity index (χ2v) is 7.93. The lowest BCUT2D eigenvalue weighted by molar-refractivity contribution is -0.155. The third kappa shape index (κ3) is 4.25. The quantitative estimate of drug-likeness (QED) is 0.797. The molecular formula is C23H27N5O3. The Morgan fingerprint density at radius 3 is 2.29 bits per heavy atom. The zero-order valence-electron chi connectivity index (χ0n) is 17.8. The molecule has 2 aliphatic heterocycles. The van der Waals surface area contributed by atoms with Crippen molar-refractivity contribution < 1.29 is 14.4 Å². The van der Waals surface area contributed by atoms with Gasteiger partial charge in [-0.05, 0) is 18.1 Å². The number of piperazine rings is 1.